The Morgan fingerprint density at radius 2 is 2.25 bits per heavy atom. The normalized spacial score (nSPS) is 10.8. The van der Waals surface area contributed by atoms with Crippen molar-refractivity contribution in [2.45, 2.75) is 13.5 Å². The Morgan fingerprint density at radius 1 is 1.45 bits per heavy atom. The van der Waals surface area contributed by atoms with Crippen LogP contribution in [0.25, 0.3) is 11.3 Å². The van der Waals surface area contributed by atoms with E-state index in [1.165, 1.54) is 0 Å². The zero-order valence-electron chi connectivity index (χ0n) is 11.8. The summed E-state index contributed by atoms with van der Waals surface area (Å²) in [6, 6.07) is 7.84. The first-order chi connectivity index (χ1) is 9.65. The van der Waals surface area contributed by atoms with Crippen molar-refractivity contribution in [3.63, 3.8) is 0 Å². The van der Waals surface area contributed by atoms with Crippen molar-refractivity contribution in [1.82, 2.24) is 15.1 Å². The number of hydrogen-bond acceptors (Lipinski definition) is 4. The van der Waals surface area contributed by atoms with E-state index >= 15 is 0 Å². The molecule has 0 spiro atoms. The summed E-state index contributed by atoms with van der Waals surface area (Å²) in [4.78, 5) is 2.15. The summed E-state index contributed by atoms with van der Waals surface area (Å²) in [6.07, 6.45) is 1.90. The zero-order chi connectivity index (χ0) is 14.5. The highest BCUT2D eigenvalue weighted by molar-refractivity contribution is 5.68. The molecule has 104 valence electrons. The first-order valence-electron chi connectivity index (χ1n) is 6.58. The molecule has 0 aliphatic carbocycles. The molecule has 20 heavy (non-hydrogen) atoms. The van der Waals surface area contributed by atoms with Gasteiger partial charge >= 0.3 is 0 Å². The van der Waals surface area contributed by atoms with Gasteiger partial charge in [-0.25, -0.2) is 0 Å². The number of aryl methyl sites for hydroxylation is 1. The van der Waals surface area contributed by atoms with Crippen LogP contribution < -0.4 is 5.73 Å². The molecular formula is C15H19N5. The third-order valence-electron chi connectivity index (χ3n) is 3.29. The fourth-order valence-corrected chi connectivity index (χ4v) is 2.21. The van der Waals surface area contributed by atoms with Crippen LogP contribution in [0.4, 0.5) is 0 Å². The number of nitrogens with one attached hydrogen (secondary N) is 1. The molecular weight excluding hydrogens is 250 g/mol. The fraction of sp³-hybridized carbons (Fsp3) is 0.333. The van der Waals surface area contributed by atoms with Crippen LogP contribution in [-0.4, -0.2) is 35.2 Å². The smallest absolute Gasteiger partial charge is 0.0991 e. The maximum Gasteiger partial charge on any atom is 0.0991 e. The molecule has 0 unspecified atom stereocenters. The minimum atomic E-state index is 0.632. The van der Waals surface area contributed by atoms with E-state index in [1.54, 1.807) is 0 Å². The van der Waals surface area contributed by atoms with Crippen LogP contribution in [0.2, 0.25) is 0 Å². The third kappa shape index (κ3) is 3.05. The number of nitrogens with two attached hydrogens (primary N) is 1. The first-order valence-corrected chi connectivity index (χ1v) is 6.58. The Morgan fingerprint density at radius 3 is 2.95 bits per heavy atom. The fourth-order valence-electron chi connectivity index (χ4n) is 2.21. The van der Waals surface area contributed by atoms with Crippen molar-refractivity contribution in [3.05, 3.63) is 41.1 Å². The largest absolute Gasteiger partial charge is 0.329 e. The van der Waals surface area contributed by atoms with E-state index in [9.17, 15) is 0 Å². The molecule has 1 heterocycles. The number of H-pyrrole nitrogens is 1. The Labute approximate surface area is 119 Å². The van der Waals surface area contributed by atoms with E-state index in [0.29, 0.717) is 12.1 Å². The zero-order valence-corrected chi connectivity index (χ0v) is 11.8. The van der Waals surface area contributed by atoms with Gasteiger partial charge in [0.15, 0.2) is 0 Å². The molecule has 5 heteroatoms. The first kappa shape index (κ1) is 14.3. The molecule has 1 aromatic heterocycles. The van der Waals surface area contributed by atoms with Crippen molar-refractivity contribution < 1.29 is 0 Å². The lowest BCUT2D eigenvalue weighted by Gasteiger charge is -2.15. The van der Waals surface area contributed by atoms with E-state index in [1.807, 2.05) is 38.4 Å². The van der Waals surface area contributed by atoms with E-state index in [2.05, 4.69) is 21.2 Å². The van der Waals surface area contributed by atoms with Crippen molar-refractivity contribution in [1.29, 1.82) is 5.26 Å². The molecule has 0 atom stereocenters. The molecule has 0 amide bonds. The lowest BCUT2D eigenvalue weighted by atomic mass is 10.00. The average molecular weight is 269 g/mol. The van der Waals surface area contributed by atoms with Crippen LogP contribution >= 0.6 is 0 Å². The highest BCUT2D eigenvalue weighted by atomic mass is 15.1. The van der Waals surface area contributed by atoms with Gasteiger partial charge < -0.3 is 10.6 Å². The number of rotatable bonds is 5. The van der Waals surface area contributed by atoms with Crippen LogP contribution in [0, 0.1) is 18.3 Å². The number of hydrogen-bond donors (Lipinski definition) is 2. The molecule has 0 bridgehead atoms. The number of likely N-dealkylation sites (N-methyl/N-ethyl adjacent to an activating group) is 1. The number of aromatic nitrogens is 2. The predicted molar refractivity (Wildman–Crippen MR) is 78.9 cm³/mol. The Hall–Kier alpha value is -2.16. The summed E-state index contributed by atoms with van der Waals surface area (Å²) in [5, 5.41) is 16.3. The minimum absolute atomic E-state index is 0.632. The van der Waals surface area contributed by atoms with E-state index in [-0.39, 0.29) is 0 Å². The molecule has 0 aliphatic heterocycles. The summed E-state index contributed by atoms with van der Waals surface area (Å²) in [7, 11) is 2.03. The number of aromatic amines is 1. The van der Waals surface area contributed by atoms with Gasteiger partial charge in [0.05, 0.1) is 17.3 Å². The highest BCUT2D eigenvalue weighted by Crippen LogP contribution is 2.26. The van der Waals surface area contributed by atoms with Gasteiger partial charge in [-0.3, -0.25) is 5.10 Å². The van der Waals surface area contributed by atoms with Gasteiger partial charge in [-0.2, -0.15) is 10.4 Å². The minimum Gasteiger partial charge on any atom is -0.329 e. The summed E-state index contributed by atoms with van der Waals surface area (Å²) in [5.74, 6) is 0. The van der Waals surface area contributed by atoms with Gasteiger partial charge in [-0.05, 0) is 31.7 Å². The third-order valence-corrected chi connectivity index (χ3v) is 3.29. The van der Waals surface area contributed by atoms with Crippen LogP contribution in [-0.2, 0) is 6.54 Å². The van der Waals surface area contributed by atoms with Crippen LogP contribution in [0.3, 0.4) is 0 Å². The second-order valence-electron chi connectivity index (χ2n) is 4.93. The van der Waals surface area contributed by atoms with Gasteiger partial charge in [0.1, 0.15) is 0 Å². The molecule has 3 N–H and O–H groups in total. The molecule has 5 nitrogen and oxygen atoms in total. The molecule has 0 saturated heterocycles. The van der Waals surface area contributed by atoms with E-state index in [4.69, 9.17) is 11.0 Å². The number of benzene rings is 1. The highest BCUT2D eigenvalue weighted by Gasteiger charge is 2.13. The summed E-state index contributed by atoms with van der Waals surface area (Å²) < 4.78 is 0. The van der Waals surface area contributed by atoms with Gasteiger partial charge in [0.2, 0.25) is 0 Å². The summed E-state index contributed by atoms with van der Waals surface area (Å²) >= 11 is 0. The second kappa shape index (κ2) is 6.33. The molecule has 2 rings (SSSR count). The van der Waals surface area contributed by atoms with Gasteiger partial charge in [-0.15, -0.1) is 0 Å². The monoisotopic (exact) mass is 269 g/mol. The van der Waals surface area contributed by atoms with Gasteiger partial charge in [0.25, 0.3) is 0 Å². The lowest BCUT2D eigenvalue weighted by molar-refractivity contribution is 0.337. The molecule has 0 fully saturated rings. The summed E-state index contributed by atoms with van der Waals surface area (Å²) in [5.41, 5.74) is 10.3. The van der Waals surface area contributed by atoms with Crippen molar-refractivity contribution in [3.8, 4) is 17.3 Å². The van der Waals surface area contributed by atoms with Crippen molar-refractivity contribution >= 4 is 0 Å². The standard InChI is InChI=1S/C15H19N5/c1-11-3-4-12(8-17)7-14(11)15-13(9-18-19-15)10-20(2)6-5-16/h3-4,7,9H,5-6,10,16H2,1-2H3,(H,18,19). The number of nitrogens with zero attached hydrogens (tertiary/aromatic N) is 3. The van der Waals surface area contributed by atoms with E-state index in [0.717, 1.165) is 35.5 Å². The Balaban J connectivity index is 2.35. The van der Waals surface area contributed by atoms with Crippen LogP contribution in [0.15, 0.2) is 24.4 Å². The van der Waals surface area contributed by atoms with Crippen molar-refractivity contribution in [2.24, 2.45) is 5.73 Å². The maximum atomic E-state index is 9.03. The SMILES string of the molecule is Cc1ccc(C#N)cc1-c1n[nH]cc1CN(C)CCN. The molecule has 1 aromatic carbocycles. The van der Waals surface area contributed by atoms with E-state index < -0.39 is 0 Å². The maximum absolute atomic E-state index is 9.03. The van der Waals surface area contributed by atoms with Gasteiger partial charge in [-0.1, -0.05) is 6.07 Å². The van der Waals surface area contributed by atoms with Crippen molar-refractivity contribution in [2.75, 3.05) is 20.1 Å². The second-order valence-corrected chi connectivity index (χ2v) is 4.93. The molecule has 2 aromatic rings. The average Bonchev–Trinajstić information content (AvgIpc) is 2.87. The Bertz CT molecular complexity index is 623. The summed E-state index contributed by atoms with van der Waals surface area (Å²) in [6.45, 7) is 4.27. The molecule has 0 saturated carbocycles. The topological polar surface area (TPSA) is 81.7 Å². The van der Waals surface area contributed by atoms with Crippen LogP contribution in [0.1, 0.15) is 16.7 Å². The predicted octanol–water partition coefficient (Wildman–Crippen LogP) is 1.65. The lowest BCUT2D eigenvalue weighted by Crippen LogP contribution is -2.25. The van der Waals surface area contributed by atoms with Crippen LogP contribution in [0.5, 0.6) is 0 Å². The number of nitriles is 1. The molecule has 0 aliphatic rings. The Kier molecular flexibility index (Phi) is 4.51. The quantitative estimate of drug-likeness (QED) is 0.864. The molecule has 0 radical (unpaired) electrons. The van der Waals surface area contributed by atoms with Gasteiger partial charge in [0, 0.05) is 37.0 Å².